The van der Waals surface area contributed by atoms with Crippen LogP contribution in [0.3, 0.4) is 0 Å². The summed E-state index contributed by atoms with van der Waals surface area (Å²) < 4.78 is 34.6. The minimum atomic E-state index is -3.87. The molecule has 1 aromatic heterocycles. The molecule has 3 rings (SSSR count). The largest absolute Gasteiger partial charge is 0.449 e. The number of ether oxygens (including phenoxy) is 1. The zero-order valence-electron chi connectivity index (χ0n) is 19.1. The van der Waals surface area contributed by atoms with Gasteiger partial charge in [0, 0.05) is 25.2 Å². The van der Waals surface area contributed by atoms with E-state index >= 15 is 0 Å². The first-order valence-corrected chi connectivity index (χ1v) is 12.7. The van der Waals surface area contributed by atoms with Crippen LogP contribution in [0.4, 0.5) is 5.82 Å². The smallest absolute Gasteiger partial charge is 0.338 e. The maximum absolute atomic E-state index is 13.1. The number of halogens is 1. The van der Waals surface area contributed by atoms with E-state index in [0.717, 1.165) is 12.8 Å². The summed E-state index contributed by atoms with van der Waals surface area (Å²) in [4.78, 5) is 25.1. The van der Waals surface area contributed by atoms with Crippen LogP contribution in [-0.2, 0) is 19.6 Å². The quantitative estimate of drug-likeness (QED) is 0.585. The molecule has 180 valence electrons. The van der Waals surface area contributed by atoms with Gasteiger partial charge in [0.1, 0.15) is 10.7 Å². The van der Waals surface area contributed by atoms with Crippen molar-refractivity contribution in [3.8, 4) is 0 Å². The van der Waals surface area contributed by atoms with Gasteiger partial charge in [0.25, 0.3) is 5.91 Å². The fourth-order valence-electron chi connectivity index (χ4n) is 3.67. The summed E-state index contributed by atoms with van der Waals surface area (Å²) in [5, 5.41) is 6.85. The van der Waals surface area contributed by atoms with E-state index in [1.807, 2.05) is 20.8 Å². The maximum Gasteiger partial charge on any atom is 0.338 e. The van der Waals surface area contributed by atoms with Gasteiger partial charge >= 0.3 is 5.97 Å². The van der Waals surface area contributed by atoms with Gasteiger partial charge in [-0.2, -0.15) is 9.40 Å². The summed E-state index contributed by atoms with van der Waals surface area (Å²) in [6.07, 6.45) is 2.17. The summed E-state index contributed by atoms with van der Waals surface area (Å²) in [7, 11) is -3.87. The highest BCUT2D eigenvalue weighted by atomic mass is 35.5. The number of amides is 1. The molecule has 0 saturated carbocycles. The Hall–Kier alpha value is -2.43. The number of benzene rings is 1. The fourth-order valence-corrected chi connectivity index (χ4v) is 5.77. The van der Waals surface area contributed by atoms with E-state index in [4.69, 9.17) is 16.3 Å². The third-order valence-electron chi connectivity index (χ3n) is 5.47. The molecule has 2 unspecified atom stereocenters. The minimum absolute atomic E-state index is 0.00472. The predicted molar refractivity (Wildman–Crippen MR) is 125 cm³/mol. The molecule has 0 aliphatic carbocycles. The lowest BCUT2D eigenvalue weighted by Crippen LogP contribution is -2.39. The van der Waals surface area contributed by atoms with Gasteiger partial charge in [0.2, 0.25) is 10.0 Å². The van der Waals surface area contributed by atoms with Crippen LogP contribution in [0.25, 0.3) is 0 Å². The Morgan fingerprint density at radius 3 is 2.64 bits per heavy atom. The molecule has 0 bridgehead atoms. The van der Waals surface area contributed by atoms with Crippen LogP contribution < -0.4 is 5.32 Å². The van der Waals surface area contributed by atoms with Crippen molar-refractivity contribution in [2.24, 2.45) is 5.92 Å². The topological polar surface area (TPSA) is 111 Å². The molecule has 11 heteroatoms. The second kappa shape index (κ2) is 10.2. The predicted octanol–water partition coefficient (Wildman–Crippen LogP) is 3.72. The number of rotatable bonds is 7. The number of hydrogen-bond acceptors (Lipinski definition) is 6. The third kappa shape index (κ3) is 5.74. The molecule has 2 atom stereocenters. The number of anilines is 1. The van der Waals surface area contributed by atoms with Crippen LogP contribution in [0.15, 0.2) is 35.4 Å². The SMILES string of the molecule is CC1CCCN(S(=O)(=O)c2cc(C(=O)OC(C)C(=O)Nc3ccnn3C(C)C)ccc2Cl)C1. The molecule has 1 aliphatic heterocycles. The van der Waals surface area contributed by atoms with E-state index in [2.05, 4.69) is 10.4 Å². The van der Waals surface area contributed by atoms with E-state index in [0.29, 0.717) is 18.9 Å². The van der Waals surface area contributed by atoms with Crippen molar-refractivity contribution in [2.45, 2.75) is 57.6 Å². The normalized spacial score (nSPS) is 18.2. The molecule has 0 spiro atoms. The summed E-state index contributed by atoms with van der Waals surface area (Å²) in [6, 6.07) is 5.61. The molecule has 1 amide bonds. The van der Waals surface area contributed by atoms with Gasteiger partial charge in [-0.25, -0.2) is 17.9 Å². The van der Waals surface area contributed by atoms with Crippen molar-refractivity contribution in [3.63, 3.8) is 0 Å². The van der Waals surface area contributed by atoms with Gasteiger partial charge in [-0.15, -0.1) is 0 Å². The van der Waals surface area contributed by atoms with Crippen LogP contribution in [0.1, 0.15) is 56.9 Å². The van der Waals surface area contributed by atoms with Gasteiger partial charge < -0.3 is 10.1 Å². The minimum Gasteiger partial charge on any atom is -0.449 e. The first-order chi connectivity index (χ1) is 15.5. The maximum atomic E-state index is 13.1. The average Bonchev–Trinajstić information content (AvgIpc) is 3.22. The lowest BCUT2D eigenvalue weighted by atomic mass is 10.0. The van der Waals surface area contributed by atoms with Gasteiger partial charge in [0.15, 0.2) is 6.10 Å². The molecular weight excluding hydrogens is 468 g/mol. The number of carbonyl (C=O) groups excluding carboxylic acids is 2. The molecular formula is C22H29ClN4O5S. The Labute approximate surface area is 199 Å². The zero-order chi connectivity index (χ0) is 24.3. The van der Waals surface area contributed by atoms with Crippen LogP contribution in [-0.4, -0.2) is 53.6 Å². The van der Waals surface area contributed by atoms with Crippen molar-refractivity contribution in [2.75, 3.05) is 18.4 Å². The van der Waals surface area contributed by atoms with Gasteiger partial charge in [0.05, 0.1) is 16.8 Å². The molecule has 2 aromatic rings. The summed E-state index contributed by atoms with van der Waals surface area (Å²) in [5.41, 5.74) is -0.00472. The Morgan fingerprint density at radius 2 is 1.97 bits per heavy atom. The number of sulfonamides is 1. The number of aromatic nitrogens is 2. The highest BCUT2D eigenvalue weighted by Crippen LogP contribution is 2.29. The van der Waals surface area contributed by atoms with E-state index in [1.54, 1.807) is 16.9 Å². The molecule has 1 fully saturated rings. The van der Waals surface area contributed by atoms with Crippen LogP contribution >= 0.6 is 11.6 Å². The highest BCUT2D eigenvalue weighted by Gasteiger charge is 2.31. The van der Waals surface area contributed by atoms with Crippen molar-refractivity contribution < 1.29 is 22.7 Å². The highest BCUT2D eigenvalue weighted by molar-refractivity contribution is 7.89. The van der Waals surface area contributed by atoms with Gasteiger partial charge in [-0.1, -0.05) is 18.5 Å². The summed E-state index contributed by atoms with van der Waals surface area (Å²) in [5.74, 6) is -0.634. The molecule has 2 heterocycles. The number of nitrogens with zero attached hydrogens (tertiary/aromatic N) is 3. The third-order valence-corrected chi connectivity index (χ3v) is 7.81. The van der Waals surface area contributed by atoms with Crippen molar-refractivity contribution in [1.82, 2.24) is 14.1 Å². The second-order valence-corrected chi connectivity index (χ2v) is 10.9. The Morgan fingerprint density at radius 1 is 1.24 bits per heavy atom. The number of hydrogen-bond donors (Lipinski definition) is 1. The monoisotopic (exact) mass is 496 g/mol. The van der Waals surface area contributed by atoms with Crippen LogP contribution in [0, 0.1) is 5.92 Å². The molecule has 1 saturated heterocycles. The second-order valence-electron chi connectivity index (χ2n) is 8.55. The molecule has 1 aliphatic rings. The van der Waals surface area contributed by atoms with Crippen LogP contribution in [0.5, 0.6) is 0 Å². The molecule has 9 nitrogen and oxygen atoms in total. The number of carbonyl (C=O) groups is 2. The van der Waals surface area contributed by atoms with Gasteiger partial charge in [-0.3, -0.25) is 4.79 Å². The van der Waals surface area contributed by atoms with Crippen LogP contribution in [0.2, 0.25) is 5.02 Å². The number of nitrogens with one attached hydrogen (secondary N) is 1. The van der Waals surface area contributed by atoms with E-state index in [-0.39, 0.29) is 27.4 Å². The van der Waals surface area contributed by atoms with E-state index in [9.17, 15) is 18.0 Å². The average molecular weight is 497 g/mol. The zero-order valence-corrected chi connectivity index (χ0v) is 20.7. The molecule has 0 radical (unpaired) electrons. The van der Waals surface area contributed by atoms with E-state index in [1.165, 1.54) is 29.4 Å². The Kier molecular flexibility index (Phi) is 7.81. The standard InChI is InChI=1S/C22H29ClN4O5S/c1-14(2)27-20(9-10-24-27)25-21(28)16(4)32-22(29)17-7-8-18(23)19(12-17)33(30,31)26-11-5-6-15(3)13-26/h7-10,12,14-16H,5-6,11,13H2,1-4H3,(H,25,28). The molecule has 33 heavy (non-hydrogen) atoms. The molecule has 1 aromatic carbocycles. The Bertz CT molecular complexity index is 1130. The molecule has 1 N–H and O–H groups in total. The lowest BCUT2D eigenvalue weighted by molar-refractivity contribution is -0.123. The summed E-state index contributed by atoms with van der Waals surface area (Å²) >= 11 is 6.19. The fraction of sp³-hybridized carbons (Fsp3) is 0.500. The van der Waals surface area contributed by atoms with E-state index < -0.39 is 28.0 Å². The van der Waals surface area contributed by atoms with Crippen molar-refractivity contribution in [3.05, 3.63) is 41.0 Å². The first kappa shape index (κ1) is 25.2. The van der Waals surface area contributed by atoms with Crippen molar-refractivity contribution in [1.29, 1.82) is 0 Å². The van der Waals surface area contributed by atoms with Crippen molar-refractivity contribution >= 4 is 39.3 Å². The first-order valence-electron chi connectivity index (χ1n) is 10.9. The van der Waals surface area contributed by atoms with Gasteiger partial charge in [-0.05, 0) is 57.7 Å². The summed E-state index contributed by atoms with van der Waals surface area (Å²) in [6.45, 7) is 8.08. The number of esters is 1. The Balaban J connectivity index is 1.73. The lowest BCUT2D eigenvalue weighted by Gasteiger charge is -2.30. The number of piperidine rings is 1.